The van der Waals surface area contributed by atoms with Crippen LogP contribution in [-0.2, 0) is 14.6 Å². The highest BCUT2D eigenvalue weighted by Gasteiger charge is 2.56. The van der Waals surface area contributed by atoms with Gasteiger partial charge in [0.1, 0.15) is 0 Å². The second-order valence-electron chi connectivity index (χ2n) is 7.85. The molecule has 1 saturated carbocycles. The van der Waals surface area contributed by atoms with E-state index in [9.17, 15) is 18.0 Å². The fourth-order valence-electron chi connectivity index (χ4n) is 3.97. The molecule has 2 fully saturated rings. The number of carbonyl (C=O) groups excluding carboxylic acids is 2. The third-order valence-electron chi connectivity index (χ3n) is 5.54. The quantitative estimate of drug-likeness (QED) is 0.793. The summed E-state index contributed by atoms with van der Waals surface area (Å²) in [6.45, 7) is 4.16. The van der Waals surface area contributed by atoms with Crippen LogP contribution in [0, 0.1) is 11.8 Å². The number of carbonyl (C=O) groups is 2. The molecule has 144 valence electrons. The van der Waals surface area contributed by atoms with Crippen molar-refractivity contribution < 1.29 is 18.0 Å². The predicted octanol–water partition coefficient (Wildman–Crippen LogP) is 1.98. The van der Waals surface area contributed by atoms with Crippen LogP contribution in [0.5, 0.6) is 0 Å². The lowest BCUT2D eigenvalue weighted by molar-refractivity contribution is -0.124. The molecule has 0 aromatic carbocycles. The molecule has 1 spiro atoms. The lowest BCUT2D eigenvalue weighted by Gasteiger charge is -2.51. The van der Waals surface area contributed by atoms with Crippen molar-refractivity contribution in [2.45, 2.75) is 50.3 Å². The van der Waals surface area contributed by atoms with Crippen LogP contribution in [0.3, 0.4) is 0 Å². The van der Waals surface area contributed by atoms with Gasteiger partial charge in [0, 0.05) is 29.4 Å². The van der Waals surface area contributed by atoms with Gasteiger partial charge in [-0.3, -0.25) is 9.59 Å². The molecule has 1 unspecified atom stereocenters. The van der Waals surface area contributed by atoms with Gasteiger partial charge in [-0.2, -0.15) is 11.3 Å². The number of hydrogen-bond acceptors (Lipinski definition) is 5. The lowest BCUT2D eigenvalue weighted by atomic mass is 9.70. The van der Waals surface area contributed by atoms with Crippen LogP contribution in [0.2, 0.25) is 0 Å². The second-order valence-corrected chi connectivity index (χ2v) is 11.1. The molecule has 2 N–H and O–H groups in total. The van der Waals surface area contributed by atoms with Crippen molar-refractivity contribution >= 4 is 33.0 Å². The minimum atomic E-state index is -3.15. The lowest BCUT2D eigenvalue weighted by Crippen LogP contribution is -2.60. The van der Waals surface area contributed by atoms with Crippen LogP contribution >= 0.6 is 11.3 Å². The maximum absolute atomic E-state index is 12.6. The van der Waals surface area contributed by atoms with E-state index in [-0.39, 0.29) is 35.4 Å². The zero-order valence-electron chi connectivity index (χ0n) is 15.2. The van der Waals surface area contributed by atoms with Gasteiger partial charge in [0.2, 0.25) is 5.91 Å². The SMILES string of the molecule is CC(C)C(=O)NC1CCS(=O)(=O)C2(CC(CNC(=O)c3ccsc3)C2)C1. The van der Waals surface area contributed by atoms with Crippen molar-refractivity contribution in [1.82, 2.24) is 10.6 Å². The molecule has 6 nitrogen and oxygen atoms in total. The molecule has 1 aromatic heterocycles. The van der Waals surface area contributed by atoms with Crippen molar-refractivity contribution in [2.75, 3.05) is 12.3 Å². The average Bonchev–Trinajstić information content (AvgIpc) is 3.07. The number of thiophene rings is 1. The Kier molecular flexibility index (Phi) is 5.44. The highest BCUT2D eigenvalue weighted by molar-refractivity contribution is 7.92. The van der Waals surface area contributed by atoms with E-state index in [0.29, 0.717) is 37.8 Å². The molecule has 1 aliphatic heterocycles. The first-order valence-electron chi connectivity index (χ1n) is 9.05. The fourth-order valence-corrected chi connectivity index (χ4v) is 7.07. The van der Waals surface area contributed by atoms with E-state index in [1.165, 1.54) is 11.3 Å². The number of rotatable bonds is 5. The zero-order chi connectivity index (χ0) is 18.9. The summed E-state index contributed by atoms with van der Waals surface area (Å²) in [5.41, 5.74) is 0.644. The first-order chi connectivity index (χ1) is 12.2. The van der Waals surface area contributed by atoms with Gasteiger partial charge in [0.25, 0.3) is 5.91 Å². The Morgan fingerprint density at radius 3 is 2.65 bits per heavy atom. The van der Waals surface area contributed by atoms with E-state index >= 15 is 0 Å². The Hall–Kier alpha value is -1.41. The molecule has 2 aliphatic rings. The van der Waals surface area contributed by atoms with E-state index in [2.05, 4.69) is 10.6 Å². The maximum Gasteiger partial charge on any atom is 0.252 e. The Morgan fingerprint density at radius 1 is 1.31 bits per heavy atom. The average molecular weight is 399 g/mol. The summed E-state index contributed by atoms with van der Waals surface area (Å²) in [6, 6.07) is 1.70. The summed E-state index contributed by atoms with van der Waals surface area (Å²) >= 11 is 1.47. The third-order valence-corrected chi connectivity index (χ3v) is 8.82. The topological polar surface area (TPSA) is 92.3 Å². The Balaban J connectivity index is 1.55. The first kappa shape index (κ1) is 19.4. The smallest absolute Gasteiger partial charge is 0.252 e. The highest BCUT2D eigenvalue weighted by atomic mass is 32.2. The van der Waals surface area contributed by atoms with Crippen molar-refractivity contribution in [3.63, 3.8) is 0 Å². The molecule has 1 aromatic rings. The standard InChI is InChI=1S/C18H26N2O4S2/c1-12(2)16(21)20-15-4-6-26(23,24)18(9-15)7-13(8-18)10-19-17(22)14-3-5-25-11-14/h3,5,11-13,15H,4,6-10H2,1-2H3,(H,19,22)(H,20,21). The number of nitrogens with one attached hydrogen (secondary N) is 2. The number of hydrogen-bond donors (Lipinski definition) is 2. The summed E-state index contributed by atoms with van der Waals surface area (Å²) in [6.07, 6.45) is 2.10. The van der Waals surface area contributed by atoms with Gasteiger partial charge in [0.15, 0.2) is 9.84 Å². The molecule has 1 aliphatic carbocycles. The summed E-state index contributed by atoms with van der Waals surface area (Å²) in [5, 5.41) is 9.54. The van der Waals surface area contributed by atoms with Gasteiger partial charge in [-0.05, 0) is 43.0 Å². The molecule has 8 heteroatoms. The van der Waals surface area contributed by atoms with E-state index in [1.807, 2.05) is 19.2 Å². The monoisotopic (exact) mass is 398 g/mol. The van der Waals surface area contributed by atoms with E-state index in [4.69, 9.17) is 0 Å². The molecule has 2 heterocycles. The van der Waals surface area contributed by atoms with Crippen LogP contribution in [0.15, 0.2) is 16.8 Å². The normalized spacial score (nSPS) is 30.0. The summed E-state index contributed by atoms with van der Waals surface area (Å²) in [5.74, 6) is 0.0614. The Labute approximate surface area is 158 Å². The van der Waals surface area contributed by atoms with Gasteiger partial charge < -0.3 is 10.6 Å². The van der Waals surface area contributed by atoms with Crippen LogP contribution in [0.1, 0.15) is 49.9 Å². The van der Waals surface area contributed by atoms with Gasteiger partial charge >= 0.3 is 0 Å². The van der Waals surface area contributed by atoms with Gasteiger partial charge in [-0.1, -0.05) is 13.8 Å². The van der Waals surface area contributed by atoms with Crippen LogP contribution < -0.4 is 10.6 Å². The molecule has 0 bridgehead atoms. The summed E-state index contributed by atoms with van der Waals surface area (Å²) in [4.78, 5) is 23.9. The van der Waals surface area contributed by atoms with Crippen LogP contribution in [-0.4, -0.2) is 43.3 Å². The second kappa shape index (κ2) is 7.31. The molecule has 1 atom stereocenters. The summed E-state index contributed by atoms with van der Waals surface area (Å²) in [7, 11) is -3.15. The van der Waals surface area contributed by atoms with Gasteiger partial charge in [-0.15, -0.1) is 0 Å². The molecule has 26 heavy (non-hydrogen) atoms. The molecule has 3 rings (SSSR count). The van der Waals surface area contributed by atoms with Crippen molar-refractivity contribution in [3.8, 4) is 0 Å². The molecular formula is C18H26N2O4S2. The zero-order valence-corrected chi connectivity index (χ0v) is 16.8. The highest BCUT2D eigenvalue weighted by Crippen LogP contribution is 2.49. The van der Waals surface area contributed by atoms with Crippen molar-refractivity contribution in [1.29, 1.82) is 0 Å². The van der Waals surface area contributed by atoms with Gasteiger partial charge in [-0.25, -0.2) is 8.42 Å². The molecule has 1 saturated heterocycles. The third kappa shape index (κ3) is 3.81. The molecular weight excluding hydrogens is 372 g/mol. The maximum atomic E-state index is 12.6. The fraction of sp³-hybridized carbons (Fsp3) is 0.667. The van der Waals surface area contributed by atoms with Crippen LogP contribution in [0.4, 0.5) is 0 Å². The van der Waals surface area contributed by atoms with E-state index < -0.39 is 14.6 Å². The minimum absolute atomic E-state index is 0.0247. The number of sulfone groups is 1. The summed E-state index contributed by atoms with van der Waals surface area (Å²) < 4.78 is 24.5. The largest absolute Gasteiger partial charge is 0.353 e. The van der Waals surface area contributed by atoms with Crippen LogP contribution in [0.25, 0.3) is 0 Å². The molecule has 0 radical (unpaired) electrons. The van der Waals surface area contributed by atoms with E-state index in [0.717, 1.165) is 0 Å². The van der Waals surface area contributed by atoms with E-state index in [1.54, 1.807) is 11.4 Å². The van der Waals surface area contributed by atoms with Crippen molar-refractivity contribution in [3.05, 3.63) is 22.4 Å². The molecule has 2 amide bonds. The Morgan fingerprint density at radius 2 is 2.04 bits per heavy atom. The van der Waals surface area contributed by atoms with Crippen molar-refractivity contribution in [2.24, 2.45) is 11.8 Å². The predicted molar refractivity (Wildman–Crippen MR) is 102 cm³/mol. The minimum Gasteiger partial charge on any atom is -0.353 e. The Bertz CT molecular complexity index is 765. The first-order valence-corrected chi connectivity index (χ1v) is 11.6. The van der Waals surface area contributed by atoms with Gasteiger partial charge in [0.05, 0.1) is 10.5 Å². The number of amides is 2.